The number of rotatable bonds is 7. The normalized spacial score (nSPS) is 10.2. The molecule has 8 nitrogen and oxygen atoms in total. The second-order valence-electron chi connectivity index (χ2n) is 6.35. The largest absolute Gasteiger partial charge is 0.454 e. The molecular weight excluding hydrogens is 468 g/mol. The molecule has 31 heavy (non-hydrogen) atoms. The molecule has 0 saturated heterocycles. The summed E-state index contributed by atoms with van der Waals surface area (Å²) < 4.78 is 5.88. The number of carbonyl (C=O) groups is 3. The van der Waals surface area contributed by atoms with Gasteiger partial charge in [0.2, 0.25) is 0 Å². The highest BCUT2D eigenvalue weighted by molar-refractivity contribution is 9.10. The van der Waals surface area contributed by atoms with Crippen LogP contribution in [0.3, 0.4) is 0 Å². The number of ketones is 1. The average molecular weight is 483 g/mol. The van der Waals surface area contributed by atoms with Crippen LogP contribution >= 0.6 is 15.9 Å². The summed E-state index contributed by atoms with van der Waals surface area (Å²) in [6.45, 7) is -0.522. The van der Waals surface area contributed by atoms with Crippen molar-refractivity contribution in [2.75, 3.05) is 11.9 Å². The van der Waals surface area contributed by atoms with Gasteiger partial charge in [0.05, 0.1) is 10.5 Å². The Morgan fingerprint density at radius 1 is 0.903 bits per heavy atom. The number of hydrogen-bond donors (Lipinski definition) is 1. The third kappa shape index (κ3) is 5.83. The lowest BCUT2D eigenvalue weighted by atomic mass is 10.1. The summed E-state index contributed by atoms with van der Waals surface area (Å²) in [7, 11) is 0. The molecule has 0 spiro atoms. The van der Waals surface area contributed by atoms with Crippen LogP contribution in [-0.2, 0) is 4.74 Å². The summed E-state index contributed by atoms with van der Waals surface area (Å²) in [5, 5.41) is 13.4. The third-order valence-corrected chi connectivity index (χ3v) is 4.73. The van der Waals surface area contributed by atoms with Crippen molar-refractivity contribution in [3.8, 4) is 0 Å². The number of non-ortho nitro benzene ring substituents is 1. The second kappa shape index (κ2) is 9.77. The van der Waals surface area contributed by atoms with E-state index >= 15 is 0 Å². The maximum atomic E-state index is 12.3. The van der Waals surface area contributed by atoms with E-state index < -0.39 is 23.3 Å². The van der Waals surface area contributed by atoms with Crippen LogP contribution in [0.4, 0.5) is 11.4 Å². The fraction of sp³-hybridized carbons (Fsp3) is 0.0455. The first kappa shape index (κ1) is 21.8. The number of ether oxygens (including phenoxy) is 1. The van der Waals surface area contributed by atoms with E-state index in [0.717, 1.165) is 4.47 Å². The molecule has 0 saturated carbocycles. The van der Waals surface area contributed by atoms with Gasteiger partial charge in [0.15, 0.2) is 12.4 Å². The van der Waals surface area contributed by atoms with E-state index in [2.05, 4.69) is 21.2 Å². The number of benzene rings is 3. The zero-order valence-corrected chi connectivity index (χ0v) is 17.5. The lowest BCUT2D eigenvalue weighted by Gasteiger charge is -2.08. The molecule has 0 bridgehead atoms. The molecule has 0 fully saturated rings. The van der Waals surface area contributed by atoms with Gasteiger partial charge in [-0.15, -0.1) is 0 Å². The fourth-order valence-corrected chi connectivity index (χ4v) is 2.86. The van der Waals surface area contributed by atoms with Crippen molar-refractivity contribution in [2.24, 2.45) is 0 Å². The monoisotopic (exact) mass is 482 g/mol. The molecule has 9 heteroatoms. The van der Waals surface area contributed by atoms with E-state index in [1.54, 1.807) is 36.4 Å². The number of amides is 1. The van der Waals surface area contributed by atoms with E-state index in [1.165, 1.54) is 36.4 Å². The molecule has 0 aromatic heterocycles. The summed E-state index contributed by atoms with van der Waals surface area (Å²) >= 11 is 3.30. The standard InChI is InChI=1S/C22H15BrN2O6/c23-17-8-4-15(5-9-17)21(27)24-18-3-1-2-16(12-18)22(28)31-13-20(26)14-6-10-19(11-7-14)25(29)30/h1-12H,13H2,(H,24,27). The zero-order valence-electron chi connectivity index (χ0n) is 15.9. The van der Waals surface area contributed by atoms with Crippen LogP contribution in [0.15, 0.2) is 77.3 Å². The molecule has 156 valence electrons. The number of nitro groups is 1. The maximum absolute atomic E-state index is 12.3. The Morgan fingerprint density at radius 3 is 2.19 bits per heavy atom. The van der Waals surface area contributed by atoms with Crippen LogP contribution in [-0.4, -0.2) is 29.2 Å². The molecule has 1 N–H and O–H groups in total. The van der Waals surface area contributed by atoms with Gasteiger partial charge in [0, 0.05) is 33.4 Å². The Balaban J connectivity index is 1.60. The molecule has 3 rings (SSSR count). The van der Waals surface area contributed by atoms with Gasteiger partial charge >= 0.3 is 5.97 Å². The summed E-state index contributed by atoms with van der Waals surface area (Å²) in [5.74, 6) is -1.58. The van der Waals surface area contributed by atoms with Crippen molar-refractivity contribution in [2.45, 2.75) is 0 Å². The fourth-order valence-electron chi connectivity index (χ4n) is 2.60. The summed E-state index contributed by atoms with van der Waals surface area (Å²) in [5.41, 5.74) is 1.04. The van der Waals surface area contributed by atoms with Gasteiger partial charge in [-0.2, -0.15) is 0 Å². The first-order valence-electron chi connectivity index (χ1n) is 8.95. The quantitative estimate of drug-likeness (QED) is 0.226. The minimum atomic E-state index is -0.741. The predicted octanol–water partition coefficient (Wildman–Crippen LogP) is 4.65. The topological polar surface area (TPSA) is 116 Å². The predicted molar refractivity (Wildman–Crippen MR) is 116 cm³/mol. The van der Waals surface area contributed by atoms with Crippen LogP contribution in [0, 0.1) is 10.1 Å². The Labute approximate surface area is 185 Å². The molecule has 0 aliphatic carbocycles. The average Bonchev–Trinajstić information content (AvgIpc) is 2.77. The lowest BCUT2D eigenvalue weighted by Crippen LogP contribution is -2.15. The number of nitro benzene ring substituents is 1. The molecule has 0 radical (unpaired) electrons. The van der Waals surface area contributed by atoms with Crippen LogP contribution in [0.1, 0.15) is 31.1 Å². The van der Waals surface area contributed by atoms with Gasteiger partial charge < -0.3 is 10.1 Å². The Morgan fingerprint density at radius 2 is 1.55 bits per heavy atom. The van der Waals surface area contributed by atoms with Gasteiger partial charge in [-0.3, -0.25) is 19.7 Å². The zero-order chi connectivity index (χ0) is 22.4. The molecule has 0 aliphatic rings. The Kier molecular flexibility index (Phi) is 6.88. The number of nitrogens with zero attached hydrogens (tertiary/aromatic N) is 1. The molecule has 3 aromatic carbocycles. The van der Waals surface area contributed by atoms with E-state index in [4.69, 9.17) is 4.74 Å². The highest BCUT2D eigenvalue weighted by Crippen LogP contribution is 2.16. The Bertz CT molecular complexity index is 1140. The smallest absolute Gasteiger partial charge is 0.338 e. The first-order chi connectivity index (χ1) is 14.8. The molecule has 0 aliphatic heterocycles. The van der Waals surface area contributed by atoms with Crippen molar-refractivity contribution in [3.63, 3.8) is 0 Å². The number of nitrogens with one attached hydrogen (secondary N) is 1. The van der Waals surface area contributed by atoms with E-state index in [0.29, 0.717) is 11.3 Å². The summed E-state index contributed by atoms with van der Waals surface area (Å²) in [6, 6.07) is 17.9. The lowest BCUT2D eigenvalue weighted by molar-refractivity contribution is -0.384. The van der Waals surface area contributed by atoms with Crippen molar-refractivity contribution in [1.29, 1.82) is 0 Å². The van der Waals surface area contributed by atoms with Crippen molar-refractivity contribution in [3.05, 3.63) is 104 Å². The number of Topliss-reactive ketones (excluding diaryl/α,β-unsaturated/α-hetero) is 1. The van der Waals surface area contributed by atoms with E-state index in [1.807, 2.05) is 0 Å². The van der Waals surface area contributed by atoms with Crippen LogP contribution in [0.2, 0.25) is 0 Å². The van der Waals surface area contributed by atoms with Gasteiger partial charge in [-0.05, 0) is 54.6 Å². The minimum absolute atomic E-state index is 0.143. The first-order valence-corrected chi connectivity index (χ1v) is 9.74. The summed E-state index contributed by atoms with van der Waals surface area (Å²) in [4.78, 5) is 46.8. The number of halogens is 1. The van der Waals surface area contributed by atoms with E-state index in [9.17, 15) is 24.5 Å². The molecule has 3 aromatic rings. The van der Waals surface area contributed by atoms with Crippen molar-refractivity contribution >= 4 is 45.0 Å². The molecule has 0 atom stereocenters. The second-order valence-corrected chi connectivity index (χ2v) is 7.26. The van der Waals surface area contributed by atoms with Gasteiger partial charge in [0.25, 0.3) is 11.6 Å². The highest BCUT2D eigenvalue weighted by Gasteiger charge is 2.14. The minimum Gasteiger partial charge on any atom is -0.454 e. The Hall–Kier alpha value is -3.85. The molecule has 0 unspecified atom stereocenters. The van der Waals surface area contributed by atoms with Gasteiger partial charge in [-0.1, -0.05) is 22.0 Å². The number of anilines is 1. The summed E-state index contributed by atoms with van der Waals surface area (Å²) in [6.07, 6.45) is 0. The van der Waals surface area contributed by atoms with Crippen molar-refractivity contribution < 1.29 is 24.0 Å². The SMILES string of the molecule is O=C(COC(=O)c1cccc(NC(=O)c2ccc(Br)cc2)c1)c1ccc([N+](=O)[O-])cc1. The van der Waals surface area contributed by atoms with E-state index in [-0.39, 0.29) is 22.7 Å². The number of esters is 1. The molecule has 0 heterocycles. The molecular formula is C22H15BrN2O6. The van der Waals surface area contributed by atoms with Crippen LogP contribution in [0.5, 0.6) is 0 Å². The van der Waals surface area contributed by atoms with Gasteiger partial charge in [-0.25, -0.2) is 4.79 Å². The maximum Gasteiger partial charge on any atom is 0.338 e. The van der Waals surface area contributed by atoms with Crippen molar-refractivity contribution in [1.82, 2.24) is 0 Å². The third-order valence-electron chi connectivity index (χ3n) is 4.20. The van der Waals surface area contributed by atoms with Crippen LogP contribution < -0.4 is 5.32 Å². The number of hydrogen-bond acceptors (Lipinski definition) is 6. The molecule has 1 amide bonds. The van der Waals surface area contributed by atoms with Gasteiger partial charge in [0.1, 0.15) is 0 Å². The number of carbonyl (C=O) groups excluding carboxylic acids is 3. The highest BCUT2D eigenvalue weighted by atomic mass is 79.9. The van der Waals surface area contributed by atoms with Crippen LogP contribution in [0.25, 0.3) is 0 Å².